The molecule has 0 unspecified atom stereocenters. The minimum Gasteiger partial charge on any atom is -0.378 e. The summed E-state index contributed by atoms with van der Waals surface area (Å²) in [6.45, 7) is 9.46. The van der Waals surface area contributed by atoms with Crippen LogP contribution in [0.4, 0.5) is 5.69 Å². The van der Waals surface area contributed by atoms with Gasteiger partial charge in [-0.25, -0.2) is 4.68 Å². The second-order valence-electron chi connectivity index (χ2n) is 4.67. The number of benzene rings is 1. The Kier molecular flexibility index (Phi) is 5.82. The van der Waals surface area contributed by atoms with Crippen LogP contribution in [0.5, 0.6) is 0 Å². The Morgan fingerprint density at radius 2 is 1.76 bits per heavy atom. The smallest absolute Gasteiger partial charge is 0.0677 e. The molecule has 0 radical (unpaired) electrons. The van der Waals surface area contributed by atoms with Gasteiger partial charge >= 0.3 is 0 Å². The third kappa shape index (κ3) is 4.08. The molecule has 3 rings (SSSR count). The van der Waals surface area contributed by atoms with Crippen molar-refractivity contribution in [3.05, 3.63) is 40.6 Å². The quantitative estimate of drug-likeness (QED) is 0.824. The predicted octanol–water partition coefficient (Wildman–Crippen LogP) is 3.81. The van der Waals surface area contributed by atoms with Crippen molar-refractivity contribution < 1.29 is 4.74 Å². The number of aryl methyl sites for hydroxylation is 1. The van der Waals surface area contributed by atoms with E-state index in [-0.39, 0.29) is 0 Å². The van der Waals surface area contributed by atoms with Crippen molar-refractivity contribution in [2.24, 2.45) is 0 Å². The number of ether oxygens (including phenoxy) is 1. The lowest BCUT2D eigenvalue weighted by molar-refractivity contribution is 0.122. The zero-order valence-electron chi connectivity index (χ0n) is 12.8. The molecule has 0 spiro atoms. The fraction of sp³-hybridized carbons (Fsp3) is 0.438. The van der Waals surface area contributed by atoms with Crippen LogP contribution in [0.15, 0.2) is 34.9 Å². The van der Waals surface area contributed by atoms with E-state index in [4.69, 9.17) is 4.74 Å². The SMILES string of the molecule is CC.Cc1ccn(-c2cc(Br)cc(N3CCOCC3)c2)n1. The fourth-order valence-corrected chi connectivity index (χ4v) is 2.72. The molecule has 2 aromatic rings. The molecule has 1 aromatic carbocycles. The molecule has 1 aliphatic heterocycles. The molecule has 4 nitrogen and oxygen atoms in total. The van der Waals surface area contributed by atoms with Crippen LogP contribution in [-0.2, 0) is 4.74 Å². The molecule has 0 atom stereocenters. The molecule has 0 amide bonds. The summed E-state index contributed by atoms with van der Waals surface area (Å²) in [5.41, 5.74) is 3.30. The van der Waals surface area contributed by atoms with Crippen LogP contribution < -0.4 is 4.90 Å². The minimum atomic E-state index is 0.794. The number of rotatable bonds is 2. The second-order valence-corrected chi connectivity index (χ2v) is 5.58. The van der Waals surface area contributed by atoms with Crippen molar-refractivity contribution in [2.45, 2.75) is 20.8 Å². The summed E-state index contributed by atoms with van der Waals surface area (Å²) < 4.78 is 8.37. The van der Waals surface area contributed by atoms with E-state index in [0.717, 1.165) is 42.2 Å². The number of hydrogen-bond donors (Lipinski definition) is 0. The van der Waals surface area contributed by atoms with Gasteiger partial charge in [-0.1, -0.05) is 29.8 Å². The van der Waals surface area contributed by atoms with Gasteiger partial charge in [-0.15, -0.1) is 0 Å². The number of aromatic nitrogens is 2. The lowest BCUT2D eigenvalue weighted by atomic mass is 10.2. The Balaban J connectivity index is 0.000000774. The highest BCUT2D eigenvalue weighted by Crippen LogP contribution is 2.25. The van der Waals surface area contributed by atoms with Gasteiger partial charge in [0.15, 0.2) is 0 Å². The van der Waals surface area contributed by atoms with Crippen molar-refractivity contribution in [3.8, 4) is 5.69 Å². The first-order valence-corrected chi connectivity index (χ1v) is 8.17. The average Bonchev–Trinajstić information content (AvgIpc) is 2.96. The largest absolute Gasteiger partial charge is 0.378 e. The highest BCUT2D eigenvalue weighted by molar-refractivity contribution is 9.10. The number of halogens is 1. The zero-order chi connectivity index (χ0) is 15.2. The molecule has 1 aromatic heterocycles. The first kappa shape index (κ1) is 16.0. The van der Waals surface area contributed by atoms with Crippen LogP contribution in [0.25, 0.3) is 5.69 Å². The summed E-state index contributed by atoms with van der Waals surface area (Å²) in [7, 11) is 0. The molecule has 2 heterocycles. The van der Waals surface area contributed by atoms with Crippen LogP contribution in [-0.4, -0.2) is 36.1 Å². The second kappa shape index (κ2) is 7.61. The van der Waals surface area contributed by atoms with Gasteiger partial charge in [0.25, 0.3) is 0 Å². The van der Waals surface area contributed by atoms with Gasteiger partial charge in [0.1, 0.15) is 0 Å². The molecule has 0 N–H and O–H groups in total. The van der Waals surface area contributed by atoms with Crippen LogP contribution in [0.1, 0.15) is 19.5 Å². The molecular formula is C16H22BrN3O. The average molecular weight is 352 g/mol. The number of anilines is 1. The molecule has 1 fully saturated rings. The minimum absolute atomic E-state index is 0.794. The highest BCUT2D eigenvalue weighted by atomic mass is 79.9. The summed E-state index contributed by atoms with van der Waals surface area (Å²) in [6, 6.07) is 8.40. The zero-order valence-corrected chi connectivity index (χ0v) is 14.4. The van der Waals surface area contributed by atoms with Crippen LogP contribution in [0.2, 0.25) is 0 Å². The van der Waals surface area contributed by atoms with Gasteiger partial charge < -0.3 is 9.64 Å². The number of nitrogens with zero attached hydrogens (tertiary/aromatic N) is 3. The van der Waals surface area contributed by atoms with E-state index >= 15 is 0 Å². The van der Waals surface area contributed by atoms with Crippen LogP contribution >= 0.6 is 15.9 Å². The summed E-state index contributed by atoms with van der Waals surface area (Å²) in [4.78, 5) is 2.34. The van der Waals surface area contributed by atoms with E-state index in [1.165, 1.54) is 5.69 Å². The van der Waals surface area contributed by atoms with Crippen molar-refractivity contribution in [1.82, 2.24) is 9.78 Å². The Morgan fingerprint density at radius 1 is 1.10 bits per heavy atom. The Bertz CT molecular complexity index is 577. The van der Waals surface area contributed by atoms with Gasteiger partial charge in [0.2, 0.25) is 0 Å². The third-order valence-corrected chi connectivity index (χ3v) is 3.69. The number of morpholine rings is 1. The highest BCUT2D eigenvalue weighted by Gasteiger charge is 2.13. The number of hydrogen-bond acceptors (Lipinski definition) is 3. The molecule has 114 valence electrons. The summed E-state index contributed by atoms with van der Waals surface area (Å²) in [6.07, 6.45) is 1.99. The van der Waals surface area contributed by atoms with Gasteiger partial charge in [-0.3, -0.25) is 0 Å². The molecule has 1 aliphatic rings. The van der Waals surface area contributed by atoms with E-state index < -0.39 is 0 Å². The maximum absolute atomic E-state index is 5.40. The summed E-state index contributed by atoms with van der Waals surface area (Å²) >= 11 is 3.58. The van der Waals surface area contributed by atoms with Crippen LogP contribution in [0, 0.1) is 6.92 Å². The molecule has 21 heavy (non-hydrogen) atoms. The summed E-state index contributed by atoms with van der Waals surface area (Å²) in [5.74, 6) is 0. The topological polar surface area (TPSA) is 30.3 Å². The van der Waals surface area contributed by atoms with Gasteiger partial charge in [-0.2, -0.15) is 5.10 Å². The lowest BCUT2D eigenvalue weighted by Crippen LogP contribution is -2.36. The van der Waals surface area contributed by atoms with Crippen molar-refractivity contribution in [1.29, 1.82) is 0 Å². The van der Waals surface area contributed by atoms with Crippen LogP contribution in [0.3, 0.4) is 0 Å². The molecule has 5 heteroatoms. The predicted molar refractivity (Wildman–Crippen MR) is 90.4 cm³/mol. The van der Waals surface area contributed by atoms with E-state index in [9.17, 15) is 0 Å². The first-order valence-electron chi connectivity index (χ1n) is 7.38. The third-order valence-electron chi connectivity index (χ3n) is 3.23. The maximum Gasteiger partial charge on any atom is 0.0677 e. The van der Waals surface area contributed by atoms with E-state index in [1.807, 2.05) is 37.7 Å². The van der Waals surface area contributed by atoms with Crippen molar-refractivity contribution >= 4 is 21.6 Å². The monoisotopic (exact) mass is 351 g/mol. The first-order chi connectivity index (χ1) is 10.2. The van der Waals surface area contributed by atoms with E-state index in [2.05, 4.69) is 44.1 Å². The Hall–Kier alpha value is -1.33. The normalized spacial score (nSPS) is 14.6. The summed E-state index contributed by atoms with van der Waals surface area (Å²) in [5, 5.41) is 4.46. The van der Waals surface area contributed by atoms with Gasteiger partial charge in [0, 0.05) is 29.4 Å². The fourth-order valence-electron chi connectivity index (χ4n) is 2.25. The van der Waals surface area contributed by atoms with E-state index in [0.29, 0.717) is 0 Å². The molecule has 1 saturated heterocycles. The molecule has 0 aliphatic carbocycles. The molecular weight excluding hydrogens is 330 g/mol. The van der Waals surface area contributed by atoms with Crippen molar-refractivity contribution in [2.75, 3.05) is 31.2 Å². The van der Waals surface area contributed by atoms with Gasteiger partial charge in [0.05, 0.1) is 24.6 Å². The van der Waals surface area contributed by atoms with Crippen molar-refractivity contribution in [3.63, 3.8) is 0 Å². The lowest BCUT2D eigenvalue weighted by Gasteiger charge is -2.29. The standard InChI is InChI=1S/C14H16BrN3O.C2H6/c1-11-2-3-18(16-11)14-9-12(15)8-13(10-14)17-4-6-19-7-5-17;1-2/h2-3,8-10H,4-7H2,1H3;1-2H3. The Morgan fingerprint density at radius 3 is 2.38 bits per heavy atom. The Labute approximate surface area is 134 Å². The maximum atomic E-state index is 5.40. The molecule has 0 bridgehead atoms. The molecule has 0 saturated carbocycles. The van der Waals surface area contributed by atoms with E-state index in [1.54, 1.807) is 0 Å². The van der Waals surface area contributed by atoms with Gasteiger partial charge in [-0.05, 0) is 31.2 Å².